The normalized spacial score (nSPS) is 12.1. The van der Waals surface area contributed by atoms with Crippen molar-refractivity contribution in [3.63, 3.8) is 0 Å². The molecule has 0 fully saturated rings. The number of hydrogen-bond acceptors (Lipinski definition) is 5. The smallest absolute Gasteiger partial charge is 0.241 e. The van der Waals surface area contributed by atoms with Gasteiger partial charge in [0.15, 0.2) is 0 Å². The fourth-order valence-corrected chi connectivity index (χ4v) is 2.18. The molecule has 0 aliphatic carbocycles. The predicted molar refractivity (Wildman–Crippen MR) is 75.7 cm³/mol. The molecule has 0 spiro atoms. The van der Waals surface area contributed by atoms with Gasteiger partial charge < -0.3 is 14.6 Å². The zero-order chi connectivity index (χ0) is 14.7. The van der Waals surface area contributed by atoms with E-state index in [1.54, 1.807) is 18.2 Å². The van der Waals surface area contributed by atoms with E-state index in [0.29, 0.717) is 21.5 Å². The summed E-state index contributed by atoms with van der Waals surface area (Å²) >= 11 is 11.9. The van der Waals surface area contributed by atoms with Gasteiger partial charge in [-0.2, -0.15) is 4.98 Å². The van der Waals surface area contributed by atoms with Crippen LogP contribution in [0.3, 0.4) is 0 Å². The van der Waals surface area contributed by atoms with Crippen molar-refractivity contribution in [1.82, 2.24) is 9.97 Å². The minimum atomic E-state index is -1.08. The number of hydrogen-bond donors (Lipinski definition) is 1. The zero-order valence-electron chi connectivity index (χ0n) is 10.8. The molecule has 1 atom stereocenters. The second kappa shape index (κ2) is 6.26. The molecule has 1 aromatic heterocycles. The van der Waals surface area contributed by atoms with Crippen LogP contribution in [0.5, 0.6) is 11.8 Å². The maximum atomic E-state index is 10.4. The first-order valence-corrected chi connectivity index (χ1v) is 6.40. The van der Waals surface area contributed by atoms with Crippen molar-refractivity contribution in [2.45, 2.75) is 6.10 Å². The number of halogens is 2. The third kappa shape index (κ3) is 2.95. The minimum Gasteiger partial charge on any atom is -0.480 e. The Morgan fingerprint density at radius 3 is 2.55 bits per heavy atom. The van der Waals surface area contributed by atoms with Gasteiger partial charge in [-0.3, -0.25) is 0 Å². The van der Waals surface area contributed by atoms with E-state index in [9.17, 15) is 5.11 Å². The molecule has 2 aromatic rings. The fourth-order valence-electron chi connectivity index (χ4n) is 1.67. The Morgan fingerprint density at radius 2 is 1.95 bits per heavy atom. The summed E-state index contributed by atoms with van der Waals surface area (Å²) < 4.78 is 10.1. The molecule has 20 heavy (non-hydrogen) atoms. The predicted octanol–water partition coefficient (Wildman–Crippen LogP) is 2.88. The second-order valence-corrected chi connectivity index (χ2v) is 4.72. The van der Waals surface area contributed by atoms with Crippen LogP contribution in [0.4, 0.5) is 0 Å². The van der Waals surface area contributed by atoms with Gasteiger partial charge in [0.2, 0.25) is 11.8 Å². The summed E-state index contributed by atoms with van der Waals surface area (Å²) in [5.41, 5.74) is 0.714. The zero-order valence-corrected chi connectivity index (χ0v) is 12.3. The molecule has 0 radical (unpaired) electrons. The maximum absolute atomic E-state index is 10.4. The van der Waals surface area contributed by atoms with Gasteiger partial charge in [0.1, 0.15) is 11.8 Å². The average Bonchev–Trinajstić information content (AvgIpc) is 2.46. The van der Waals surface area contributed by atoms with Crippen LogP contribution in [0.2, 0.25) is 10.0 Å². The lowest BCUT2D eigenvalue weighted by Crippen LogP contribution is -2.07. The Morgan fingerprint density at radius 1 is 1.20 bits per heavy atom. The average molecular weight is 315 g/mol. The van der Waals surface area contributed by atoms with Crippen LogP contribution >= 0.6 is 23.2 Å². The number of rotatable bonds is 4. The Kier molecular flexibility index (Phi) is 4.65. The van der Waals surface area contributed by atoms with Crippen LogP contribution in [-0.2, 0) is 0 Å². The summed E-state index contributed by atoms with van der Waals surface area (Å²) in [4.78, 5) is 8.17. The van der Waals surface area contributed by atoms with Crippen molar-refractivity contribution in [3.8, 4) is 11.8 Å². The van der Waals surface area contributed by atoms with Crippen molar-refractivity contribution in [1.29, 1.82) is 0 Å². The van der Waals surface area contributed by atoms with Crippen LogP contribution in [-0.4, -0.2) is 29.3 Å². The van der Waals surface area contributed by atoms with Crippen LogP contribution in [0.15, 0.2) is 24.4 Å². The van der Waals surface area contributed by atoms with Gasteiger partial charge >= 0.3 is 0 Å². The van der Waals surface area contributed by atoms with Gasteiger partial charge in [0.05, 0.1) is 20.4 Å². The van der Waals surface area contributed by atoms with Crippen molar-refractivity contribution in [2.75, 3.05) is 14.2 Å². The summed E-state index contributed by atoms with van der Waals surface area (Å²) in [7, 11) is 2.90. The van der Waals surface area contributed by atoms with E-state index in [4.69, 9.17) is 32.7 Å². The standard InChI is InChI=1S/C13H12Cl2N2O3/c1-19-10-6-16-11(13(17-10)20-2)12(18)8-4-3-7(14)5-9(8)15/h3-6,12,18H,1-2H3. The summed E-state index contributed by atoms with van der Waals surface area (Å²) in [6.07, 6.45) is 0.318. The molecule has 1 unspecified atom stereocenters. The van der Waals surface area contributed by atoms with Gasteiger partial charge in [0, 0.05) is 15.6 Å². The Balaban J connectivity index is 2.44. The monoisotopic (exact) mass is 314 g/mol. The Bertz CT molecular complexity index is 623. The van der Waals surface area contributed by atoms with Crippen LogP contribution in [0, 0.1) is 0 Å². The molecule has 1 heterocycles. The molecule has 2 rings (SSSR count). The fraction of sp³-hybridized carbons (Fsp3) is 0.231. The molecular weight excluding hydrogens is 303 g/mol. The molecule has 106 valence electrons. The van der Waals surface area contributed by atoms with E-state index in [1.807, 2.05) is 0 Å². The molecule has 5 nitrogen and oxygen atoms in total. The largest absolute Gasteiger partial charge is 0.480 e. The van der Waals surface area contributed by atoms with Crippen LogP contribution in [0.25, 0.3) is 0 Å². The third-order valence-electron chi connectivity index (χ3n) is 2.66. The lowest BCUT2D eigenvalue weighted by Gasteiger charge is -2.15. The summed E-state index contributed by atoms with van der Waals surface area (Å²) in [6, 6.07) is 4.81. The Labute approximate surface area is 126 Å². The first-order chi connectivity index (χ1) is 9.56. The first-order valence-electron chi connectivity index (χ1n) is 5.64. The van der Waals surface area contributed by atoms with Crippen molar-refractivity contribution in [2.24, 2.45) is 0 Å². The number of nitrogens with zero attached hydrogens (tertiary/aromatic N) is 2. The van der Waals surface area contributed by atoms with Gasteiger partial charge in [0.25, 0.3) is 0 Å². The number of benzene rings is 1. The van der Waals surface area contributed by atoms with Crippen LogP contribution in [0.1, 0.15) is 17.4 Å². The molecule has 1 aromatic carbocycles. The number of aliphatic hydroxyl groups excluding tert-OH is 1. The third-order valence-corrected chi connectivity index (χ3v) is 3.23. The van der Waals surface area contributed by atoms with Gasteiger partial charge in [-0.25, -0.2) is 4.98 Å². The van der Waals surface area contributed by atoms with E-state index < -0.39 is 6.10 Å². The lowest BCUT2D eigenvalue weighted by atomic mass is 10.1. The second-order valence-electron chi connectivity index (χ2n) is 3.88. The molecule has 0 aliphatic heterocycles. The Hall–Kier alpha value is -1.56. The van der Waals surface area contributed by atoms with E-state index in [1.165, 1.54) is 20.4 Å². The molecule has 0 amide bonds. The summed E-state index contributed by atoms with van der Waals surface area (Å²) in [5.74, 6) is 0.461. The quantitative estimate of drug-likeness (QED) is 0.940. The summed E-state index contributed by atoms with van der Waals surface area (Å²) in [5, 5.41) is 11.2. The van der Waals surface area contributed by atoms with E-state index in [2.05, 4.69) is 9.97 Å². The highest BCUT2D eigenvalue weighted by Gasteiger charge is 2.21. The molecule has 1 N–H and O–H groups in total. The first kappa shape index (κ1) is 14.8. The number of methoxy groups -OCH3 is 2. The summed E-state index contributed by atoms with van der Waals surface area (Å²) in [6.45, 7) is 0. The minimum absolute atomic E-state index is 0.169. The molecule has 7 heteroatoms. The van der Waals surface area contributed by atoms with E-state index >= 15 is 0 Å². The number of aliphatic hydroxyl groups is 1. The van der Waals surface area contributed by atoms with Crippen LogP contribution < -0.4 is 9.47 Å². The van der Waals surface area contributed by atoms with Crippen molar-refractivity contribution < 1.29 is 14.6 Å². The van der Waals surface area contributed by atoms with Gasteiger partial charge in [-0.05, 0) is 12.1 Å². The van der Waals surface area contributed by atoms with E-state index in [-0.39, 0.29) is 11.6 Å². The van der Waals surface area contributed by atoms with E-state index in [0.717, 1.165) is 0 Å². The van der Waals surface area contributed by atoms with Crippen molar-refractivity contribution >= 4 is 23.2 Å². The van der Waals surface area contributed by atoms with Gasteiger partial charge in [-0.15, -0.1) is 0 Å². The van der Waals surface area contributed by atoms with Crippen molar-refractivity contribution in [3.05, 3.63) is 45.7 Å². The van der Waals surface area contributed by atoms with Gasteiger partial charge in [-0.1, -0.05) is 29.3 Å². The lowest BCUT2D eigenvalue weighted by molar-refractivity contribution is 0.206. The number of aromatic nitrogens is 2. The highest BCUT2D eigenvalue weighted by Crippen LogP contribution is 2.33. The molecule has 0 bridgehead atoms. The number of ether oxygens (including phenoxy) is 2. The topological polar surface area (TPSA) is 64.5 Å². The highest BCUT2D eigenvalue weighted by atomic mass is 35.5. The molecule has 0 saturated carbocycles. The molecular formula is C13H12Cl2N2O3. The maximum Gasteiger partial charge on any atom is 0.241 e. The molecule has 0 aliphatic rings. The highest BCUT2D eigenvalue weighted by molar-refractivity contribution is 6.35. The SMILES string of the molecule is COc1cnc(C(O)c2ccc(Cl)cc2Cl)c(OC)n1. The molecule has 0 saturated heterocycles.